The predicted octanol–water partition coefficient (Wildman–Crippen LogP) is 3.03. The van der Waals surface area contributed by atoms with Crippen molar-refractivity contribution in [1.29, 1.82) is 5.26 Å². The lowest BCUT2D eigenvalue weighted by molar-refractivity contribution is 0.549. The summed E-state index contributed by atoms with van der Waals surface area (Å²) < 4.78 is 28.7. The molecule has 6 heteroatoms. The first-order valence-electron chi connectivity index (χ1n) is 8.34. The molecule has 0 fully saturated rings. The normalized spacial score (nSPS) is 16.5. The first-order chi connectivity index (χ1) is 12.6. The minimum atomic E-state index is -3.66. The summed E-state index contributed by atoms with van der Waals surface area (Å²) in [5, 5.41) is 13.9. The molecular weight excluding hydrogens is 346 g/mol. The van der Waals surface area contributed by atoms with Gasteiger partial charge in [-0.05, 0) is 41.6 Å². The van der Waals surface area contributed by atoms with Crippen LogP contribution in [0.2, 0.25) is 0 Å². The van der Waals surface area contributed by atoms with E-state index in [0.29, 0.717) is 23.9 Å². The summed E-state index contributed by atoms with van der Waals surface area (Å²) in [6.45, 7) is 0.503. The summed E-state index contributed by atoms with van der Waals surface area (Å²) >= 11 is 0. The molecular formula is C20H17N3O2S. The van der Waals surface area contributed by atoms with Gasteiger partial charge in [0.25, 0.3) is 0 Å². The second-order valence-corrected chi connectivity index (χ2v) is 8.05. The van der Waals surface area contributed by atoms with Crippen LogP contribution in [0, 0.1) is 11.3 Å². The Labute approximate surface area is 152 Å². The Morgan fingerprint density at radius 3 is 2.73 bits per heavy atom. The van der Waals surface area contributed by atoms with Crippen molar-refractivity contribution in [3.8, 4) is 6.07 Å². The third kappa shape index (κ3) is 3.03. The van der Waals surface area contributed by atoms with Gasteiger partial charge in [0, 0.05) is 23.7 Å². The molecule has 0 radical (unpaired) electrons. The van der Waals surface area contributed by atoms with Gasteiger partial charge in [-0.2, -0.15) is 5.26 Å². The molecule has 0 saturated heterocycles. The van der Waals surface area contributed by atoms with Gasteiger partial charge in [0.2, 0.25) is 10.0 Å². The number of hydrogen-bond acceptors (Lipinski definition) is 4. The van der Waals surface area contributed by atoms with Crippen molar-refractivity contribution in [2.45, 2.75) is 17.4 Å². The zero-order valence-electron chi connectivity index (χ0n) is 13.9. The SMILES string of the molecule is N#Cc1ccc2c(c1)CC(NS(=O)(=O)c1cccc3ccccc13)CN2. The molecule has 1 aliphatic heterocycles. The highest BCUT2D eigenvalue weighted by Gasteiger charge is 2.25. The quantitative estimate of drug-likeness (QED) is 0.749. The highest BCUT2D eigenvalue weighted by Crippen LogP contribution is 2.26. The van der Waals surface area contributed by atoms with Gasteiger partial charge in [0.1, 0.15) is 0 Å². The Hall–Kier alpha value is -2.88. The molecule has 0 aromatic heterocycles. The van der Waals surface area contributed by atoms with Crippen molar-refractivity contribution < 1.29 is 8.42 Å². The number of benzene rings is 3. The average Bonchev–Trinajstić information content (AvgIpc) is 2.66. The van der Waals surface area contributed by atoms with E-state index in [0.717, 1.165) is 16.6 Å². The van der Waals surface area contributed by atoms with Gasteiger partial charge >= 0.3 is 0 Å². The molecule has 5 nitrogen and oxygen atoms in total. The van der Waals surface area contributed by atoms with Crippen molar-refractivity contribution in [3.05, 3.63) is 71.8 Å². The fourth-order valence-electron chi connectivity index (χ4n) is 3.37. The molecule has 1 unspecified atom stereocenters. The standard InChI is InChI=1S/C20H17N3O2S/c21-12-14-8-9-19-16(10-14)11-17(13-22-19)23-26(24,25)20-7-3-5-15-4-1-2-6-18(15)20/h1-10,17,22-23H,11,13H2. The molecule has 2 N–H and O–H groups in total. The van der Waals surface area contributed by atoms with E-state index < -0.39 is 10.0 Å². The lowest BCUT2D eigenvalue weighted by Gasteiger charge is -2.27. The Kier molecular flexibility index (Phi) is 4.11. The smallest absolute Gasteiger partial charge is 0.241 e. The van der Waals surface area contributed by atoms with Crippen molar-refractivity contribution in [2.75, 3.05) is 11.9 Å². The summed E-state index contributed by atoms with van der Waals surface area (Å²) in [7, 11) is -3.66. The number of anilines is 1. The summed E-state index contributed by atoms with van der Waals surface area (Å²) in [6, 6.07) is 20.0. The van der Waals surface area contributed by atoms with Crippen LogP contribution in [0.5, 0.6) is 0 Å². The number of hydrogen-bond donors (Lipinski definition) is 2. The number of rotatable bonds is 3. The second-order valence-electron chi connectivity index (χ2n) is 6.36. The molecule has 3 aromatic carbocycles. The van der Waals surface area contributed by atoms with Crippen LogP contribution in [0.1, 0.15) is 11.1 Å². The van der Waals surface area contributed by atoms with Gasteiger partial charge in [-0.3, -0.25) is 0 Å². The van der Waals surface area contributed by atoms with Crippen molar-refractivity contribution >= 4 is 26.5 Å². The van der Waals surface area contributed by atoms with Crippen LogP contribution >= 0.6 is 0 Å². The number of sulfonamides is 1. The summed E-state index contributed by atoms with van der Waals surface area (Å²) in [5.41, 5.74) is 2.47. The van der Waals surface area contributed by atoms with E-state index in [1.807, 2.05) is 36.4 Å². The Bertz CT molecular complexity index is 1130. The van der Waals surface area contributed by atoms with Crippen LogP contribution in [0.3, 0.4) is 0 Å². The molecule has 130 valence electrons. The van der Waals surface area contributed by atoms with Crippen LogP contribution in [0.4, 0.5) is 5.69 Å². The van der Waals surface area contributed by atoms with Crippen LogP contribution in [0.15, 0.2) is 65.6 Å². The lowest BCUT2D eigenvalue weighted by atomic mass is 9.98. The first kappa shape index (κ1) is 16.6. The zero-order chi connectivity index (χ0) is 18.1. The fourth-order valence-corrected chi connectivity index (χ4v) is 4.84. The predicted molar refractivity (Wildman–Crippen MR) is 101 cm³/mol. The van der Waals surface area contributed by atoms with Crippen LogP contribution < -0.4 is 10.0 Å². The van der Waals surface area contributed by atoms with Gasteiger partial charge in [0.15, 0.2) is 0 Å². The van der Waals surface area contributed by atoms with E-state index >= 15 is 0 Å². The number of nitrogens with zero attached hydrogens (tertiary/aromatic N) is 1. The maximum Gasteiger partial charge on any atom is 0.241 e. The molecule has 0 spiro atoms. The molecule has 1 heterocycles. The third-order valence-electron chi connectivity index (χ3n) is 4.60. The van der Waals surface area contributed by atoms with Crippen LogP contribution in [0.25, 0.3) is 10.8 Å². The van der Waals surface area contributed by atoms with E-state index in [1.54, 1.807) is 24.3 Å². The second kappa shape index (κ2) is 6.45. The van der Waals surface area contributed by atoms with E-state index in [-0.39, 0.29) is 10.9 Å². The molecule has 4 rings (SSSR count). The minimum absolute atomic E-state index is 0.277. The zero-order valence-corrected chi connectivity index (χ0v) is 14.8. The lowest BCUT2D eigenvalue weighted by Crippen LogP contribution is -2.43. The topological polar surface area (TPSA) is 82.0 Å². The fraction of sp³-hybridized carbons (Fsp3) is 0.150. The van der Waals surface area contributed by atoms with Crippen molar-refractivity contribution in [1.82, 2.24) is 4.72 Å². The van der Waals surface area contributed by atoms with E-state index in [4.69, 9.17) is 5.26 Å². The maximum atomic E-state index is 13.0. The number of nitriles is 1. The Morgan fingerprint density at radius 2 is 1.88 bits per heavy atom. The molecule has 3 aromatic rings. The largest absolute Gasteiger partial charge is 0.383 e. The summed E-state index contributed by atoms with van der Waals surface area (Å²) in [4.78, 5) is 0.284. The third-order valence-corrected chi connectivity index (χ3v) is 6.18. The molecule has 0 amide bonds. The molecule has 0 bridgehead atoms. The van der Waals surface area contributed by atoms with E-state index in [2.05, 4.69) is 16.1 Å². The maximum absolute atomic E-state index is 13.0. The van der Waals surface area contributed by atoms with Gasteiger partial charge < -0.3 is 5.32 Å². The highest BCUT2D eigenvalue weighted by molar-refractivity contribution is 7.89. The van der Waals surface area contributed by atoms with Gasteiger partial charge in [0.05, 0.1) is 16.5 Å². The summed E-state index contributed by atoms with van der Waals surface area (Å²) in [5.74, 6) is 0. The van der Waals surface area contributed by atoms with Gasteiger partial charge in [-0.15, -0.1) is 0 Å². The molecule has 0 aliphatic carbocycles. The first-order valence-corrected chi connectivity index (χ1v) is 9.82. The van der Waals surface area contributed by atoms with Crippen molar-refractivity contribution in [2.24, 2.45) is 0 Å². The summed E-state index contributed by atoms with van der Waals surface area (Å²) in [6.07, 6.45) is 0.544. The average molecular weight is 363 g/mol. The molecule has 1 atom stereocenters. The van der Waals surface area contributed by atoms with Crippen molar-refractivity contribution in [3.63, 3.8) is 0 Å². The Morgan fingerprint density at radius 1 is 1.08 bits per heavy atom. The van der Waals surface area contributed by atoms with E-state index in [9.17, 15) is 8.42 Å². The minimum Gasteiger partial charge on any atom is -0.383 e. The molecule has 0 saturated carbocycles. The molecule has 26 heavy (non-hydrogen) atoms. The van der Waals surface area contributed by atoms with Crippen LogP contribution in [-0.4, -0.2) is 21.0 Å². The molecule has 1 aliphatic rings. The number of nitrogens with one attached hydrogen (secondary N) is 2. The van der Waals surface area contributed by atoms with Gasteiger partial charge in [-0.1, -0.05) is 36.4 Å². The van der Waals surface area contributed by atoms with Gasteiger partial charge in [-0.25, -0.2) is 13.1 Å². The Balaban J connectivity index is 1.63. The highest BCUT2D eigenvalue weighted by atomic mass is 32.2. The monoisotopic (exact) mass is 363 g/mol. The van der Waals surface area contributed by atoms with Crippen LogP contribution in [-0.2, 0) is 16.4 Å². The number of fused-ring (bicyclic) bond motifs is 2. The van der Waals surface area contributed by atoms with E-state index in [1.165, 1.54) is 0 Å².